The second-order valence-electron chi connectivity index (χ2n) is 3.26. The highest BCUT2D eigenvalue weighted by atomic mass is 19.2. The van der Waals surface area contributed by atoms with Crippen molar-refractivity contribution >= 4 is 11.6 Å². The first kappa shape index (κ1) is 12.2. The third-order valence-corrected chi connectivity index (χ3v) is 1.97. The maximum absolute atomic E-state index is 13.2. The molecule has 7 heteroatoms. The molecule has 0 bridgehead atoms. The Bertz CT molecular complexity index is 439. The fraction of sp³-hybridized carbons (Fsp3) is 0.333. The summed E-state index contributed by atoms with van der Waals surface area (Å²) in [6, 6.07) is 0. The van der Waals surface area contributed by atoms with Crippen molar-refractivity contribution in [1.29, 1.82) is 0 Å². The SMILES string of the molecule is CC(=O)CC1=C(F)C(F)C(=O)C=C1[N+](=O)[O-]. The van der Waals surface area contributed by atoms with Gasteiger partial charge in [0.05, 0.1) is 16.6 Å². The molecule has 0 aromatic heterocycles. The Morgan fingerprint density at radius 3 is 2.62 bits per heavy atom. The Labute approximate surface area is 88.6 Å². The number of carbonyl (C=O) groups excluding carboxylic acids is 2. The van der Waals surface area contributed by atoms with Gasteiger partial charge in [-0.1, -0.05) is 0 Å². The zero-order chi connectivity index (χ0) is 12.5. The van der Waals surface area contributed by atoms with Crippen LogP contribution in [-0.2, 0) is 9.59 Å². The van der Waals surface area contributed by atoms with Crippen LogP contribution in [0.25, 0.3) is 0 Å². The maximum atomic E-state index is 13.2. The molecule has 1 aliphatic carbocycles. The van der Waals surface area contributed by atoms with Crippen LogP contribution in [0.15, 0.2) is 23.2 Å². The van der Waals surface area contributed by atoms with Crippen molar-refractivity contribution in [3.63, 3.8) is 0 Å². The van der Waals surface area contributed by atoms with Crippen LogP contribution in [0.3, 0.4) is 0 Å². The van der Waals surface area contributed by atoms with E-state index in [1.807, 2.05) is 0 Å². The van der Waals surface area contributed by atoms with Gasteiger partial charge < -0.3 is 0 Å². The molecule has 16 heavy (non-hydrogen) atoms. The molecule has 0 aliphatic heterocycles. The topological polar surface area (TPSA) is 77.3 Å². The number of nitro groups is 1. The van der Waals surface area contributed by atoms with E-state index in [4.69, 9.17) is 0 Å². The van der Waals surface area contributed by atoms with Crippen LogP contribution in [-0.4, -0.2) is 22.7 Å². The average molecular weight is 231 g/mol. The van der Waals surface area contributed by atoms with Crippen LogP contribution in [0, 0.1) is 10.1 Å². The molecule has 0 heterocycles. The van der Waals surface area contributed by atoms with Crippen molar-refractivity contribution in [3.8, 4) is 0 Å². The minimum atomic E-state index is -2.54. The molecule has 0 amide bonds. The van der Waals surface area contributed by atoms with Gasteiger partial charge in [0, 0.05) is 6.42 Å². The molecule has 1 rings (SSSR count). The summed E-state index contributed by atoms with van der Waals surface area (Å²) in [4.78, 5) is 31.1. The molecule has 0 aromatic carbocycles. The van der Waals surface area contributed by atoms with Gasteiger partial charge in [0.2, 0.25) is 12.0 Å². The van der Waals surface area contributed by atoms with Crippen molar-refractivity contribution in [2.75, 3.05) is 0 Å². The molecule has 0 fully saturated rings. The molecular formula is C9H7F2NO4. The summed E-state index contributed by atoms with van der Waals surface area (Å²) >= 11 is 0. The van der Waals surface area contributed by atoms with Crippen molar-refractivity contribution in [1.82, 2.24) is 0 Å². The molecule has 1 atom stereocenters. The number of Topliss-reactive ketones (excluding diaryl/α,β-unsaturated/α-hetero) is 1. The van der Waals surface area contributed by atoms with Gasteiger partial charge >= 0.3 is 0 Å². The summed E-state index contributed by atoms with van der Waals surface area (Å²) in [5, 5.41) is 10.5. The van der Waals surface area contributed by atoms with Gasteiger partial charge in [0.15, 0.2) is 5.83 Å². The Morgan fingerprint density at radius 1 is 1.62 bits per heavy atom. The second-order valence-corrected chi connectivity index (χ2v) is 3.26. The van der Waals surface area contributed by atoms with Gasteiger partial charge in [-0.3, -0.25) is 19.7 Å². The van der Waals surface area contributed by atoms with Crippen LogP contribution >= 0.6 is 0 Å². The Hall–Kier alpha value is -1.92. The molecule has 0 N–H and O–H groups in total. The highest BCUT2D eigenvalue weighted by molar-refractivity contribution is 5.98. The molecule has 5 nitrogen and oxygen atoms in total. The minimum Gasteiger partial charge on any atom is -0.300 e. The minimum absolute atomic E-state index is 0.409. The summed E-state index contributed by atoms with van der Waals surface area (Å²) in [5.74, 6) is -3.43. The normalized spacial score (nSPS) is 20.8. The number of halogens is 2. The molecule has 1 unspecified atom stereocenters. The number of ketones is 2. The van der Waals surface area contributed by atoms with Gasteiger partial charge in [-0.15, -0.1) is 0 Å². The highest BCUT2D eigenvalue weighted by Gasteiger charge is 2.36. The first-order valence-electron chi connectivity index (χ1n) is 4.27. The summed E-state index contributed by atoms with van der Waals surface area (Å²) in [7, 11) is 0. The molecule has 0 saturated heterocycles. The summed E-state index contributed by atoms with van der Waals surface area (Å²) in [6.07, 6.45) is -2.74. The number of hydrogen-bond donors (Lipinski definition) is 0. The van der Waals surface area contributed by atoms with Crippen molar-refractivity contribution in [2.24, 2.45) is 0 Å². The monoisotopic (exact) mass is 231 g/mol. The van der Waals surface area contributed by atoms with E-state index in [0.29, 0.717) is 6.08 Å². The number of allylic oxidation sites excluding steroid dienone is 3. The smallest absolute Gasteiger partial charge is 0.279 e. The molecule has 0 spiro atoms. The number of rotatable bonds is 3. The van der Waals surface area contributed by atoms with E-state index in [1.165, 1.54) is 0 Å². The first-order valence-corrected chi connectivity index (χ1v) is 4.27. The lowest BCUT2D eigenvalue weighted by atomic mass is 9.96. The predicted octanol–water partition coefficient (Wildman–Crippen LogP) is 1.27. The van der Waals surface area contributed by atoms with E-state index in [1.54, 1.807) is 0 Å². The Morgan fingerprint density at radius 2 is 2.19 bits per heavy atom. The zero-order valence-corrected chi connectivity index (χ0v) is 8.20. The van der Waals surface area contributed by atoms with E-state index in [0.717, 1.165) is 6.92 Å². The third-order valence-electron chi connectivity index (χ3n) is 1.97. The van der Waals surface area contributed by atoms with Gasteiger partial charge in [-0.2, -0.15) is 0 Å². The van der Waals surface area contributed by atoms with Gasteiger partial charge in [-0.25, -0.2) is 8.78 Å². The van der Waals surface area contributed by atoms with E-state index in [-0.39, 0.29) is 0 Å². The van der Waals surface area contributed by atoms with Crippen molar-refractivity contribution in [3.05, 3.63) is 33.3 Å². The Kier molecular flexibility index (Phi) is 3.26. The van der Waals surface area contributed by atoms with Gasteiger partial charge in [-0.05, 0) is 6.92 Å². The van der Waals surface area contributed by atoms with E-state index in [9.17, 15) is 28.5 Å². The molecular weight excluding hydrogens is 224 g/mol. The van der Waals surface area contributed by atoms with Crippen LogP contribution in [0.4, 0.5) is 8.78 Å². The molecule has 0 radical (unpaired) electrons. The number of nitrogens with zero attached hydrogens (tertiary/aromatic N) is 1. The molecule has 0 saturated carbocycles. The second kappa shape index (κ2) is 4.30. The van der Waals surface area contributed by atoms with Crippen LogP contribution in [0.5, 0.6) is 0 Å². The van der Waals surface area contributed by atoms with Crippen LogP contribution in [0.1, 0.15) is 13.3 Å². The fourth-order valence-electron chi connectivity index (χ4n) is 1.28. The largest absolute Gasteiger partial charge is 0.300 e. The van der Waals surface area contributed by atoms with E-state index >= 15 is 0 Å². The zero-order valence-electron chi connectivity index (χ0n) is 8.20. The van der Waals surface area contributed by atoms with Gasteiger partial charge in [0.1, 0.15) is 5.78 Å². The third kappa shape index (κ3) is 2.18. The lowest BCUT2D eigenvalue weighted by molar-refractivity contribution is -0.421. The number of hydrogen-bond acceptors (Lipinski definition) is 4. The summed E-state index contributed by atoms with van der Waals surface area (Å²) < 4.78 is 26.2. The van der Waals surface area contributed by atoms with Crippen LogP contribution in [0.2, 0.25) is 0 Å². The fourth-order valence-corrected chi connectivity index (χ4v) is 1.28. The average Bonchev–Trinajstić information content (AvgIpc) is 2.17. The molecule has 1 aliphatic rings. The van der Waals surface area contributed by atoms with Crippen LogP contribution < -0.4 is 0 Å². The first-order chi connectivity index (χ1) is 7.34. The highest BCUT2D eigenvalue weighted by Crippen LogP contribution is 2.29. The summed E-state index contributed by atoms with van der Waals surface area (Å²) in [5.41, 5.74) is -1.52. The standard InChI is InChI=1S/C9H7F2NO4/c1-4(13)2-5-6(12(15)16)3-7(14)9(11)8(5)10/h3,9H,2H2,1H3. The Balaban J connectivity index is 3.24. The maximum Gasteiger partial charge on any atom is 0.279 e. The molecule has 0 aromatic rings. The number of alkyl halides is 1. The number of carbonyl (C=O) groups is 2. The lowest BCUT2D eigenvalue weighted by Crippen LogP contribution is -2.24. The predicted molar refractivity (Wildman–Crippen MR) is 48.4 cm³/mol. The van der Waals surface area contributed by atoms with E-state index in [2.05, 4.69) is 0 Å². The molecule has 86 valence electrons. The van der Waals surface area contributed by atoms with Crippen molar-refractivity contribution < 1.29 is 23.3 Å². The van der Waals surface area contributed by atoms with Gasteiger partial charge in [0.25, 0.3) is 5.70 Å². The van der Waals surface area contributed by atoms with E-state index < -0.39 is 46.2 Å². The lowest BCUT2D eigenvalue weighted by Gasteiger charge is -2.12. The van der Waals surface area contributed by atoms with Crippen molar-refractivity contribution in [2.45, 2.75) is 19.5 Å². The quantitative estimate of drug-likeness (QED) is 0.541. The summed E-state index contributed by atoms with van der Waals surface area (Å²) in [6.45, 7) is 1.08.